The Kier molecular flexibility index (Phi) is 2.81. The van der Waals surface area contributed by atoms with E-state index < -0.39 is 0 Å². The van der Waals surface area contributed by atoms with Gasteiger partial charge in [-0.05, 0) is 25.1 Å². The molecule has 0 aliphatic heterocycles. The van der Waals surface area contributed by atoms with Gasteiger partial charge in [0.1, 0.15) is 11.3 Å². The van der Waals surface area contributed by atoms with E-state index in [-0.39, 0.29) is 6.03 Å². The van der Waals surface area contributed by atoms with Crippen LogP contribution in [-0.2, 0) is 6.54 Å². The van der Waals surface area contributed by atoms with Crippen LogP contribution in [0.2, 0.25) is 0 Å². The van der Waals surface area contributed by atoms with Gasteiger partial charge in [0.2, 0.25) is 0 Å². The second kappa shape index (κ2) is 4.26. The molecule has 1 aromatic carbocycles. The Hall–Kier alpha value is -1.97. The molecule has 0 spiro atoms. The number of hydrogen-bond donors (Lipinski definition) is 2. The molecule has 4 heteroatoms. The van der Waals surface area contributed by atoms with Gasteiger partial charge in [0.15, 0.2) is 0 Å². The lowest BCUT2D eigenvalue weighted by Gasteiger charge is -2.00. The van der Waals surface area contributed by atoms with Crippen molar-refractivity contribution in [2.24, 2.45) is 0 Å². The highest BCUT2D eigenvalue weighted by molar-refractivity contribution is 5.79. The Labute approximate surface area is 93.6 Å². The normalized spacial score (nSPS) is 10.4. The monoisotopic (exact) mass is 218 g/mol. The number of benzene rings is 1. The van der Waals surface area contributed by atoms with Crippen LogP contribution >= 0.6 is 0 Å². The van der Waals surface area contributed by atoms with Crippen molar-refractivity contribution < 1.29 is 9.21 Å². The third kappa shape index (κ3) is 2.16. The fourth-order valence-electron chi connectivity index (χ4n) is 1.56. The Bertz CT molecular complexity index is 517. The van der Waals surface area contributed by atoms with Gasteiger partial charge in [0.25, 0.3) is 0 Å². The summed E-state index contributed by atoms with van der Waals surface area (Å²) in [4.78, 5) is 11.0. The first kappa shape index (κ1) is 10.5. The summed E-state index contributed by atoms with van der Waals surface area (Å²) in [6.07, 6.45) is 0. The molecule has 4 nitrogen and oxygen atoms in total. The third-order valence-corrected chi connectivity index (χ3v) is 2.37. The van der Waals surface area contributed by atoms with Crippen molar-refractivity contribution >= 4 is 17.0 Å². The molecule has 0 saturated heterocycles. The first-order chi connectivity index (χ1) is 7.69. The summed E-state index contributed by atoms with van der Waals surface area (Å²) < 4.78 is 5.58. The number of carbonyl (C=O) groups excluding carboxylic acids is 1. The SMILES string of the molecule is CNC(=O)NCc1cc2cc(C)ccc2o1. The van der Waals surface area contributed by atoms with E-state index in [0.29, 0.717) is 6.54 Å². The van der Waals surface area contributed by atoms with Crippen LogP contribution in [0.25, 0.3) is 11.0 Å². The summed E-state index contributed by atoms with van der Waals surface area (Å²) in [5.41, 5.74) is 2.04. The van der Waals surface area contributed by atoms with E-state index in [9.17, 15) is 4.79 Å². The average Bonchev–Trinajstić information content (AvgIpc) is 2.67. The van der Waals surface area contributed by atoms with Crippen molar-refractivity contribution in [2.75, 3.05) is 7.05 Å². The first-order valence-electron chi connectivity index (χ1n) is 5.13. The molecular formula is C12H14N2O2. The number of fused-ring (bicyclic) bond motifs is 1. The molecule has 2 aromatic rings. The summed E-state index contributed by atoms with van der Waals surface area (Å²) in [6.45, 7) is 2.43. The van der Waals surface area contributed by atoms with Crippen molar-refractivity contribution in [1.82, 2.24) is 10.6 Å². The molecule has 2 N–H and O–H groups in total. The van der Waals surface area contributed by atoms with E-state index in [1.54, 1.807) is 7.05 Å². The molecule has 0 bridgehead atoms. The molecule has 0 aliphatic carbocycles. The molecule has 2 amide bonds. The van der Waals surface area contributed by atoms with Gasteiger partial charge in [-0.25, -0.2) is 4.79 Å². The largest absolute Gasteiger partial charge is 0.459 e. The summed E-state index contributed by atoms with van der Waals surface area (Å²) in [5, 5.41) is 6.23. The summed E-state index contributed by atoms with van der Waals surface area (Å²) >= 11 is 0. The maximum Gasteiger partial charge on any atom is 0.314 e. The fourth-order valence-corrected chi connectivity index (χ4v) is 1.56. The van der Waals surface area contributed by atoms with Crippen LogP contribution in [-0.4, -0.2) is 13.1 Å². The van der Waals surface area contributed by atoms with E-state index in [1.165, 1.54) is 5.56 Å². The van der Waals surface area contributed by atoms with Crippen molar-refractivity contribution in [3.63, 3.8) is 0 Å². The molecule has 0 radical (unpaired) electrons. The number of hydrogen-bond acceptors (Lipinski definition) is 2. The fraction of sp³-hybridized carbons (Fsp3) is 0.250. The summed E-state index contributed by atoms with van der Waals surface area (Å²) in [6, 6.07) is 7.73. The number of urea groups is 1. The molecule has 0 aliphatic rings. The van der Waals surface area contributed by atoms with Crippen LogP contribution in [0.4, 0.5) is 4.79 Å². The highest BCUT2D eigenvalue weighted by Gasteiger charge is 2.04. The van der Waals surface area contributed by atoms with Crippen molar-refractivity contribution in [3.8, 4) is 0 Å². The molecule has 1 aromatic heterocycles. The number of furan rings is 1. The Morgan fingerprint density at radius 3 is 2.94 bits per heavy atom. The number of nitrogens with one attached hydrogen (secondary N) is 2. The predicted molar refractivity (Wildman–Crippen MR) is 62.2 cm³/mol. The highest BCUT2D eigenvalue weighted by Crippen LogP contribution is 2.20. The lowest BCUT2D eigenvalue weighted by Crippen LogP contribution is -2.31. The van der Waals surface area contributed by atoms with E-state index in [0.717, 1.165) is 16.7 Å². The van der Waals surface area contributed by atoms with Gasteiger partial charge in [0, 0.05) is 12.4 Å². The predicted octanol–water partition coefficient (Wildman–Crippen LogP) is 2.17. The lowest BCUT2D eigenvalue weighted by molar-refractivity contribution is 0.241. The Balaban J connectivity index is 2.16. The van der Waals surface area contributed by atoms with Crippen LogP contribution in [0.3, 0.4) is 0 Å². The maximum absolute atomic E-state index is 11.0. The molecule has 16 heavy (non-hydrogen) atoms. The molecule has 0 atom stereocenters. The van der Waals surface area contributed by atoms with E-state index in [1.807, 2.05) is 25.1 Å². The minimum absolute atomic E-state index is 0.211. The van der Waals surface area contributed by atoms with Gasteiger partial charge in [0.05, 0.1) is 6.54 Å². The number of carbonyl (C=O) groups is 1. The number of aryl methyl sites for hydroxylation is 1. The smallest absolute Gasteiger partial charge is 0.314 e. The zero-order valence-corrected chi connectivity index (χ0v) is 9.33. The number of rotatable bonds is 2. The van der Waals surface area contributed by atoms with E-state index in [2.05, 4.69) is 16.7 Å². The van der Waals surface area contributed by atoms with Gasteiger partial charge >= 0.3 is 6.03 Å². The van der Waals surface area contributed by atoms with Crippen LogP contribution in [0.1, 0.15) is 11.3 Å². The van der Waals surface area contributed by atoms with Gasteiger partial charge in [-0.15, -0.1) is 0 Å². The molecule has 0 fully saturated rings. The zero-order valence-electron chi connectivity index (χ0n) is 9.33. The van der Waals surface area contributed by atoms with E-state index in [4.69, 9.17) is 4.42 Å². The van der Waals surface area contributed by atoms with Crippen LogP contribution in [0, 0.1) is 6.92 Å². The van der Waals surface area contributed by atoms with Gasteiger partial charge in [-0.1, -0.05) is 11.6 Å². The average molecular weight is 218 g/mol. The molecule has 84 valence electrons. The third-order valence-electron chi connectivity index (χ3n) is 2.37. The van der Waals surface area contributed by atoms with Gasteiger partial charge in [-0.2, -0.15) is 0 Å². The number of amides is 2. The quantitative estimate of drug-likeness (QED) is 0.811. The molecular weight excluding hydrogens is 204 g/mol. The molecule has 2 rings (SSSR count). The summed E-state index contributed by atoms with van der Waals surface area (Å²) in [5.74, 6) is 0.754. The van der Waals surface area contributed by atoms with Crippen LogP contribution < -0.4 is 10.6 Å². The van der Waals surface area contributed by atoms with Crippen LogP contribution in [0.5, 0.6) is 0 Å². The van der Waals surface area contributed by atoms with Crippen molar-refractivity contribution in [2.45, 2.75) is 13.5 Å². The second-order valence-electron chi connectivity index (χ2n) is 3.69. The first-order valence-corrected chi connectivity index (χ1v) is 5.13. The molecule has 0 unspecified atom stereocenters. The second-order valence-corrected chi connectivity index (χ2v) is 3.69. The van der Waals surface area contributed by atoms with E-state index >= 15 is 0 Å². The van der Waals surface area contributed by atoms with Gasteiger partial charge < -0.3 is 15.1 Å². The van der Waals surface area contributed by atoms with Crippen molar-refractivity contribution in [3.05, 3.63) is 35.6 Å². The summed E-state index contributed by atoms with van der Waals surface area (Å²) in [7, 11) is 1.58. The standard InChI is InChI=1S/C12H14N2O2/c1-8-3-4-11-9(5-8)6-10(16-11)7-14-12(15)13-2/h3-6H,7H2,1-2H3,(H2,13,14,15). The molecule has 0 saturated carbocycles. The highest BCUT2D eigenvalue weighted by atomic mass is 16.3. The molecule has 1 heterocycles. The van der Waals surface area contributed by atoms with Crippen molar-refractivity contribution in [1.29, 1.82) is 0 Å². The topological polar surface area (TPSA) is 54.3 Å². The zero-order chi connectivity index (χ0) is 11.5. The minimum Gasteiger partial charge on any atom is -0.459 e. The van der Waals surface area contributed by atoms with Gasteiger partial charge in [-0.3, -0.25) is 0 Å². The minimum atomic E-state index is -0.211. The Morgan fingerprint density at radius 1 is 1.38 bits per heavy atom. The van der Waals surface area contributed by atoms with Crippen LogP contribution in [0.15, 0.2) is 28.7 Å². The lowest BCUT2D eigenvalue weighted by atomic mass is 10.2. The maximum atomic E-state index is 11.0. The Morgan fingerprint density at radius 2 is 2.19 bits per heavy atom.